The number of carbonyl (C=O) groups is 2. The van der Waals surface area contributed by atoms with Gasteiger partial charge < -0.3 is 15.2 Å². The minimum absolute atomic E-state index is 0.0888. The molecule has 5 heteroatoms. The Morgan fingerprint density at radius 2 is 2.14 bits per heavy atom. The van der Waals surface area contributed by atoms with E-state index >= 15 is 0 Å². The Morgan fingerprint density at radius 3 is 2.96 bits per heavy atom. The van der Waals surface area contributed by atoms with E-state index in [0.717, 1.165) is 58.9 Å². The van der Waals surface area contributed by atoms with E-state index in [0.29, 0.717) is 18.5 Å². The summed E-state index contributed by atoms with van der Waals surface area (Å²) in [5.41, 5.74) is 4.40. The van der Waals surface area contributed by atoms with Crippen LogP contribution in [0.1, 0.15) is 39.1 Å². The van der Waals surface area contributed by atoms with Crippen LogP contribution in [0.25, 0.3) is 21.8 Å². The number of H-pyrrole nitrogens is 1. The van der Waals surface area contributed by atoms with Crippen molar-refractivity contribution >= 4 is 33.5 Å². The number of aromatic amines is 1. The fourth-order valence-electron chi connectivity index (χ4n) is 4.13. The molecule has 2 N–H and O–H groups in total. The van der Waals surface area contributed by atoms with Crippen LogP contribution in [0.5, 0.6) is 0 Å². The second-order valence-electron chi connectivity index (χ2n) is 7.45. The van der Waals surface area contributed by atoms with Gasteiger partial charge in [0.15, 0.2) is 5.78 Å². The summed E-state index contributed by atoms with van der Waals surface area (Å²) in [7, 11) is 2.00. The van der Waals surface area contributed by atoms with Gasteiger partial charge in [-0.2, -0.15) is 0 Å². The number of nitrogens with one attached hydrogen (secondary N) is 2. The number of nitrogens with zero attached hydrogens (tertiary/aromatic N) is 1. The van der Waals surface area contributed by atoms with E-state index in [1.807, 2.05) is 43.5 Å². The molecule has 0 saturated carbocycles. The summed E-state index contributed by atoms with van der Waals surface area (Å²) in [6, 6.07) is 9.67. The molecule has 2 aromatic carbocycles. The Labute approximate surface area is 164 Å². The quantitative estimate of drug-likeness (QED) is 0.646. The van der Waals surface area contributed by atoms with Crippen LogP contribution in [-0.4, -0.2) is 48.3 Å². The van der Waals surface area contributed by atoms with Crippen LogP contribution in [-0.2, 0) is 6.42 Å². The van der Waals surface area contributed by atoms with Crippen molar-refractivity contribution in [3.63, 3.8) is 0 Å². The number of aryl methyl sites for hydroxylation is 1. The van der Waals surface area contributed by atoms with Crippen LogP contribution < -0.4 is 5.32 Å². The highest BCUT2D eigenvalue weighted by Gasteiger charge is 2.22. The van der Waals surface area contributed by atoms with Gasteiger partial charge in [-0.25, -0.2) is 0 Å². The lowest BCUT2D eigenvalue weighted by Gasteiger charge is -2.15. The summed E-state index contributed by atoms with van der Waals surface area (Å²) in [5, 5.41) is 5.10. The molecule has 1 aromatic heterocycles. The third kappa shape index (κ3) is 3.22. The van der Waals surface area contributed by atoms with Gasteiger partial charge in [-0.05, 0) is 43.7 Å². The van der Waals surface area contributed by atoms with Crippen LogP contribution >= 0.6 is 0 Å². The molecule has 28 heavy (non-hydrogen) atoms. The summed E-state index contributed by atoms with van der Waals surface area (Å²) in [6.45, 7) is 5.85. The van der Waals surface area contributed by atoms with E-state index in [1.54, 1.807) is 0 Å². The normalized spacial score (nSPS) is 13.9. The first-order valence-electron chi connectivity index (χ1n) is 9.77. The molecular formula is C23H25N3O2. The average molecular weight is 375 g/mol. The number of aromatic nitrogens is 1. The third-order valence-corrected chi connectivity index (χ3v) is 5.50. The number of carbonyl (C=O) groups excluding carboxylic acids is 2. The van der Waals surface area contributed by atoms with Crippen molar-refractivity contribution in [2.75, 3.05) is 26.7 Å². The van der Waals surface area contributed by atoms with Crippen molar-refractivity contribution in [3.8, 4) is 0 Å². The van der Waals surface area contributed by atoms with Crippen molar-refractivity contribution in [1.82, 2.24) is 15.2 Å². The fraction of sp³-hybridized carbons (Fsp3) is 0.304. The number of rotatable bonds is 6. The molecule has 0 unspecified atom stereocenters. The van der Waals surface area contributed by atoms with E-state index in [1.165, 1.54) is 0 Å². The Kier molecular flexibility index (Phi) is 5.01. The molecule has 3 aromatic rings. The minimum Gasteiger partial charge on any atom is -0.354 e. The van der Waals surface area contributed by atoms with Gasteiger partial charge in [0.1, 0.15) is 0 Å². The molecule has 0 aliphatic heterocycles. The minimum atomic E-state index is -0.0888. The Balaban J connectivity index is 1.69. The van der Waals surface area contributed by atoms with Gasteiger partial charge in [-0.15, -0.1) is 6.58 Å². The van der Waals surface area contributed by atoms with Crippen molar-refractivity contribution in [1.29, 1.82) is 0 Å². The smallest absolute Gasteiger partial charge is 0.253 e. The molecule has 1 amide bonds. The largest absolute Gasteiger partial charge is 0.354 e. The van der Waals surface area contributed by atoms with Gasteiger partial charge in [0, 0.05) is 47.9 Å². The zero-order chi connectivity index (χ0) is 19.7. The fourth-order valence-corrected chi connectivity index (χ4v) is 4.13. The molecular weight excluding hydrogens is 350 g/mol. The lowest BCUT2D eigenvalue weighted by molar-refractivity contribution is 0.0949. The number of hydrogen-bond donors (Lipinski definition) is 2. The van der Waals surface area contributed by atoms with E-state index in [2.05, 4.69) is 21.8 Å². The molecule has 1 aliphatic rings. The molecule has 4 rings (SSSR count). The van der Waals surface area contributed by atoms with Crippen molar-refractivity contribution in [2.45, 2.75) is 19.3 Å². The average Bonchev–Trinajstić information content (AvgIpc) is 3.07. The molecule has 0 fully saturated rings. The summed E-state index contributed by atoms with van der Waals surface area (Å²) < 4.78 is 0. The van der Waals surface area contributed by atoms with E-state index in [-0.39, 0.29) is 11.7 Å². The summed E-state index contributed by atoms with van der Waals surface area (Å²) in [6.07, 6.45) is 4.25. The molecule has 0 spiro atoms. The molecule has 1 aliphatic carbocycles. The molecule has 0 atom stereocenters. The van der Waals surface area contributed by atoms with E-state index in [4.69, 9.17) is 0 Å². The zero-order valence-electron chi connectivity index (χ0n) is 16.2. The van der Waals surface area contributed by atoms with Crippen molar-refractivity contribution < 1.29 is 9.59 Å². The van der Waals surface area contributed by atoms with E-state index in [9.17, 15) is 9.59 Å². The van der Waals surface area contributed by atoms with Crippen molar-refractivity contribution in [3.05, 3.63) is 59.7 Å². The maximum Gasteiger partial charge on any atom is 0.253 e. The second kappa shape index (κ2) is 7.60. The standard InChI is InChI=1S/C23H25N3O2/c1-3-13-26(2)14-12-24-23(28)18-8-4-7-17-21-16-6-5-9-20(27)15(16)10-11-19(21)25-22(17)18/h3-4,7-8,10-11,25H,1,5-6,9,12-14H2,2H3,(H,24,28). The van der Waals surface area contributed by atoms with Gasteiger partial charge in [-0.1, -0.05) is 18.2 Å². The summed E-state index contributed by atoms with van der Waals surface area (Å²) >= 11 is 0. The topological polar surface area (TPSA) is 65.2 Å². The Bertz CT molecular complexity index is 1080. The molecule has 1 heterocycles. The molecule has 144 valence electrons. The lowest BCUT2D eigenvalue weighted by atomic mass is 9.87. The zero-order valence-corrected chi connectivity index (χ0v) is 16.2. The summed E-state index contributed by atoms with van der Waals surface area (Å²) in [4.78, 5) is 30.6. The van der Waals surface area contributed by atoms with Gasteiger partial charge in [0.25, 0.3) is 5.91 Å². The van der Waals surface area contributed by atoms with Gasteiger partial charge >= 0.3 is 0 Å². The maximum absolute atomic E-state index is 12.8. The van der Waals surface area contributed by atoms with Gasteiger partial charge in [0.2, 0.25) is 0 Å². The van der Waals surface area contributed by atoms with Crippen LogP contribution in [0, 0.1) is 0 Å². The molecule has 0 bridgehead atoms. The van der Waals surface area contributed by atoms with Crippen LogP contribution in [0.2, 0.25) is 0 Å². The number of ketones is 1. The maximum atomic E-state index is 12.8. The monoisotopic (exact) mass is 375 g/mol. The third-order valence-electron chi connectivity index (χ3n) is 5.50. The molecule has 5 nitrogen and oxygen atoms in total. The molecule has 0 radical (unpaired) electrons. The van der Waals surface area contributed by atoms with Gasteiger partial charge in [0.05, 0.1) is 11.1 Å². The first-order chi connectivity index (χ1) is 13.6. The first-order valence-corrected chi connectivity index (χ1v) is 9.77. The number of para-hydroxylation sites is 1. The Morgan fingerprint density at radius 1 is 1.29 bits per heavy atom. The molecule has 0 saturated heterocycles. The van der Waals surface area contributed by atoms with Crippen LogP contribution in [0.15, 0.2) is 43.0 Å². The number of amides is 1. The first kappa shape index (κ1) is 18.4. The van der Waals surface area contributed by atoms with Gasteiger partial charge in [-0.3, -0.25) is 9.59 Å². The van der Waals surface area contributed by atoms with Crippen LogP contribution in [0.3, 0.4) is 0 Å². The van der Waals surface area contributed by atoms with Crippen molar-refractivity contribution in [2.24, 2.45) is 0 Å². The second-order valence-corrected chi connectivity index (χ2v) is 7.45. The highest BCUT2D eigenvalue weighted by Crippen LogP contribution is 2.35. The number of Topliss-reactive ketones (excluding diaryl/α,β-unsaturated/α-hetero) is 1. The van der Waals surface area contributed by atoms with E-state index < -0.39 is 0 Å². The number of likely N-dealkylation sites (N-methyl/N-ethyl adjacent to an activating group) is 1. The number of benzene rings is 2. The lowest BCUT2D eigenvalue weighted by Crippen LogP contribution is -2.33. The predicted molar refractivity (Wildman–Crippen MR) is 113 cm³/mol. The number of fused-ring (bicyclic) bond motifs is 5. The number of hydrogen-bond acceptors (Lipinski definition) is 3. The highest BCUT2D eigenvalue weighted by molar-refractivity contribution is 6.18. The Hall–Kier alpha value is -2.92. The highest BCUT2D eigenvalue weighted by atomic mass is 16.1. The summed E-state index contributed by atoms with van der Waals surface area (Å²) in [5.74, 6) is 0.129. The van der Waals surface area contributed by atoms with Crippen LogP contribution in [0.4, 0.5) is 0 Å². The predicted octanol–water partition coefficient (Wildman–Crippen LogP) is 3.69. The SMILES string of the molecule is C=CCN(C)CCNC(=O)c1cccc2c1[nH]c1ccc3c(c12)CCCC3=O.